The molecule has 3 aromatic heterocycles. The molecule has 28 heavy (non-hydrogen) atoms. The van der Waals surface area contributed by atoms with Crippen molar-refractivity contribution in [3.63, 3.8) is 0 Å². The Bertz CT molecular complexity index is 1170. The van der Waals surface area contributed by atoms with E-state index in [0.29, 0.717) is 16.8 Å². The molecule has 0 spiro atoms. The lowest BCUT2D eigenvalue weighted by Crippen LogP contribution is -2.22. The molecule has 0 aliphatic rings. The maximum absolute atomic E-state index is 12.4. The Kier molecular flexibility index (Phi) is 4.98. The lowest BCUT2D eigenvalue weighted by molar-refractivity contribution is -0.149. The van der Waals surface area contributed by atoms with E-state index in [2.05, 4.69) is 15.2 Å². The van der Waals surface area contributed by atoms with Gasteiger partial charge in [-0.05, 0) is 30.5 Å². The van der Waals surface area contributed by atoms with Crippen LogP contribution in [-0.4, -0.2) is 25.7 Å². The van der Waals surface area contributed by atoms with Crippen LogP contribution in [0.2, 0.25) is 0 Å². The Labute approximate surface area is 163 Å². The van der Waals surface area contributed by atoms with Gasteiger partial charge in [-0.25, -0.2) is 4.98 Å². The number of hydrogen-bond donors (Lipinski definition) is 0. The molecular formula is C19H16N4O4S. The van der Waals surface area contributed by atoms with Crippen LogP contribution in [-0.2, 0) is 16.1 Å². The minimum atomic E-state index is -0.680. The van der Waals surface area contributed by atoms with Gasteiger partial charge in [0.2, 0.25) is 0 Å². The van der Waals surface area contributed by atoms with E-state index >= 15 is 0 Å². The average molecular weight is 396 g/mol. The zero-order valence-electron chi connectivity index (χ0n) is 14.9. The molecule has 0 aliphatic carbocycles. The smallest absolute Gasteiger partial charge is 0.308 e. The number of nitrogens with zero attached hydrogens (tertiary/aromatic N) is 4. The minimum absolute atomic E-state index is 0.0240. The number of hydrogen-bond acceptors (Lipinski definition) is 8. The van der Waals surface area contributed by atoms with Crippen molar-refractivity contribution >= 4 is 28.2 Å². The molecule has 0 aliphatic heterocycles. The quantitative estimate of drug-likeness (QED) is 0.461. The van der Waals surface area contributed by atoms with Gasteiger partial charge in [0.05, 0.1) is 28.5 Å². The molecule has 0 radical (unpaired) electrons. The van der Waals surface area contributed by atoms with Crippen LogP contribution in [0.25, 0.3) is 21.7 Å². The fourth-order valence-electron chi connectivity index (χ4n) is 2.68. The van der Waals surface area contributed by atoms with Gasteiger partial charge >= 0.3 is 5.97 Å². The van der Waals surface area contributed by atoms with Crippen LogP contribution < -0.4 is 5.56 Å². The summed E-state index contributed by atoms with van der Waals surface area (Å²) in [5.41, 5.74) is 0.432. The van der Waals surface area contributed by atoms with Crippen LogP contribution in [0.3, 0.4) is 0 Å². The van der Waals surface area contributed by atoms with Crippen molar-refractivity contribution in [3.05, 3.63) is 64.4 Å². The van der Waals surface area contributed by atoms with Gasteiger partial charge in [-0.2, -0.15) is 0 Å². The van der Waals surface area contributed by atoms with Crippen molar-refractivity contribution in [3.8, 4) is 10.8 Å². The molecule has 0 saturated heterocycles. The molecule has 1 aromatic carbocycles. The maximum Gasteiger partial charge on any atom is 0.308 e. The van der Waals surface area contributed by atoms with E-state index < -0.39 is 12.1 Å². The molecule has 9 heteroatoms. The Balaban J connectivity index is 1.38. The van der Waals surface area contributed by atoms with Crippen LogP contribution in [0, 0.1) is 0 Å². The first-order chi connectivity index (χ1) is 13.6. The SMILES string of the molecule is CC(OC(=O)CCn1cnc2ccccc2c1=O)c1nnc(-c2cccs2)o1. The molecule has 0 N–H and O–H groups in total. The van der Waals surface area contributed by atoms with Gasteiger partial charge in [0.15, 0.2) is 6.10 Å². The largest absolute Gasteiger partial charge is 0.453 e. The zero-order chi connectivity index (χ0) is 19.5. The van der Waals surface area contributed by atoms with E-state index in [1.165, 1.54) is 22.2 Å². The summed E-state index contributed by atoms with van der Waals surface area (Å²) < 4.78 is 12.3. The number of aryl methyl sites for hydroxylation is 1. The predicted octanol–water partition coefficient (Wildman–Crippen LogP) is 3.20. The van der Waals surface area contributed by atoms with Crippen LogP contribution in [0.5, 0.6) is 0 Å². The third kappa shape index (κ3) is 3.70. The molecule has 0 bridgehead atoms. The van der Waals surface area contributed by atoms with Gasteiger partial charge in [-0.1, -0.05) is 18.2 Å². The first kappa shape index (κ1) is 18.1. The number of esters is 1. The molecule has 8 nitrogen and oxygen atoms in total. The number of para-hydroxylation sites is 1. The number of carbonyl (C=O) groups is 1. The second kappa shape index (κ2) is 7.73. The molecule has 0 saturated carbocycles. The van der Waals surface area contributed by atoms with Crippen molar-refractivity contribution in [1.29, 1.82) is 0 Å². The minimum Gasteiger partial charge on any atom is -0.453 e. The van der Waals surface area contributed by atoms with Crippen LogP contribution in [0.15, 0.2) is 57.3 Å². The number of ether oxygens (including phenoxy) is 1. The summed E-state index contributed by atoms with van der Waals surface area (Å²) in [5.74, 6) is 0.145. The fraction of sp³-hybridized carbons (Fsp3) is 0.211. The zero-order valence-corrected chi connectivity index (χ0v) is 15.8. The van der Waals surface area contributed by atoms with Gasteiger partial charge in [0.25, 0.3) is 17.3 Å². The lowest BCUT2D eigenvalue weighted by atomic mass is 10.2. The highest BCUT2D eigenvalue weighted by Gasteiger charge is 2.19. The number of carbonyl (C=O) groups excluding carboxylic acids is 1. The third-order valence-corrected chi connectivity index (χ3v) is 4.97. The first-order valence-electron chi connectivity index (χ1n) is 8.63. The number of benzene rings is 1. The molecule has 1 atom stereocenters. The van der Waals surface area contributed by atoms with E-state index in [1.807, 2.05) is 23.6 Å². The molecule has 0 amide bonds. The van der Waals surface area contributed by atoms with Crippen molar-refractivity contribution < 1.29 is 13.9 Å². The Morgan fingerprint density at radius 3 is 2.93 bits per heavy atom. The topological polar surface area (TPSA) is 100 Å². The van der Waals surface area contributed by atoms with Crippen molar-refractivity contribution in [1.82, 2.24) is 19.7 Å². The third-order valence-electron chi connectivity index (χ3n) is 4.12. The summed E-state index contributed by atoms with van der Waals surface area (Å²) in [7, 11) is 0. The summed E-state index contributed by atoms with van der Waals surface area (Å²) in [6.45, 7) is 1.83. The van der Waals surface area contributed by atoms with Crippen molar-refractivity contribution in [2.45, 2.75) is 26.0 Å². The number of rotatable bonds is 6. The van der Waals surface area contributed by atoms with Crippen LogP contribution >= 0.6 is 11.3 Å². The summed E-state index contributed by atoms with van der Waals surface area (Å²) in [5, 5.41) is 10.3. The number of aromatic nitrogens is 4. The highest BCUT2D eigenvalue weighted by atomic mass is 32.1. The number of thiophene rings is 1. The molecular weight excluding hydrogens is 380 g/mol. The summed E-state index contributed by atoms with van der Waals surface area (Å²) in [6, 6.07) is 10.8. The van der Waals surface area contributed by atoms with E-state index in [9.17, 15) is 9.59 Å². The van der Waals surface area contributed by atoms with Gasteiger partial charge in [0, 0.05) is 6.54 Å². The van der Waals surface area contributed by atoms with Gasteiger partial charge in [-0.3, -0.25) is 14.2 Å². The van der Waals surface area contributed by atoms with E-state index in [-0.39, 0.29) is 24.4 Å². The van der Waals surface area contributed by atoms with E-state index in [1.54, 1.807) is 25.1 Å². The standard InChI is InChI=1S/C19H16N4O4S/c1-12(17-21-22-18(27-17)15-7-4-10-28-15)26-16(24)8-9-23-11-20-14-6-3-2-5-13(14)19(23)25/h2-7,10-12H,8-9H2,1H3. The Hall–Kier alpha value is -3.33. The molecule has 1 unspecified atom stereocenters. The summed E-state index contributed by atoms with van der Waals surface area (Å²) in [6.07, 6.45) is 0.781. The Morgan fingerprint density at radius 1 is 1.25 bits per heavy atom. The van der Waals surface area contributed by atoms with E-state index in [0.717, 1.165) is 4.88 Å². The van der Waals surface area contributed by atoms with Crippen molar-refractivity contribution in [2.24, 2.45) is 0 Å². The van der Waals surface area contributed by atoms with Crippen LogP contribution in [0.4, 0.5) is 0 Å². The Morgan fingerprint density at radius 2 is 2.11 bits per heavy atom. The average Bonchev–Trinajstić information content (AvgIpc) is 3.39. The molecule has 4 rings (SSSR count). The summed E-state index contributed by atoms with van der Waals surface area (Å²) in [4.78, 5) is 29.7. The monoisotopic (exact) mass is 396 g/mol. The summed E-state index contributed by atoms with van der Waals surface area (Å²) >= 11 is 1.48. The normalized spacial score (nSPS) is 12.2. The van der Waals surface area contributed by atoms with Crippen molar-refractivity contribution in [2.75, 3.05) is 0 Å². The maximum atomic E-state index is 12.4. The highest BCUT2D eigenvalue weighted by molar-refractivity contribution is 7.13. The number of fused-ring (bicyclic) bond motifs is 1. The second-order valence-corrected chi connectivity index (χ2v) is 7.01. The van der Waals surface area contributed by atoms with E-state index in [4.69, 9.17) is 9.15 Å². The van der Waals surface area contributed by atoms with Gasteiger partial charge in [0.1, 0.15) is 0 Å². The van der Waals surface area contributed by atoms with Gasteiger partial charge in [-0.15, -0.1) is 21.5 Å². The predicted molar refractivity (Wildman–Crippen MR) is 103 cm³/mol. The highest BCUT2D eigenvalue weighted by Crippen LogP contribution is 2.25. The lowest BCUT2D eigenvalue weighted by Gasteiger charge is -2.10. The molecule has 3 heterocycles. The first-order valence-corrected chi connectivity index (χ1v) is 9.51. The van der Waals surface area contributed by atoms with Gasteiger partial charge < -0.3 is 9.15 Å². The fourth-order valence-corrected chi connectivity index (χ4v) is 3.33. The second-order valence-electron chi connectivity index (χ2n) is 6.07. The molecule has 142 valence electrons. The molecule has 4 aromatic rings. The molecule has 0 fully saturated rings. The van der Waals surface area contributed by atoms with Crippen LogP contribution in [0.1, 0.15) is 25.3 Å².